The van der Waals surface area contributed by atoms with Crippen LogP contribution in [0.1, 0.15) is 16.7 Å². The molecule has 2 aromatic rings. The first-order chi connectivity index (χ1) is 13.7. The molecule has 2 heterocycles. The van der Waals surface area contributed by atoms with Crippen LogP contribution in [-0.2, 0) is 17.5 Å². The van der Waals surface area contributed by atoms with E-state index in [4.69, 9.17) is 10.00 Å². The minimum Gasteiger partial charge on any atom is -0.392 e. The zero-order valence-corrected chi connectivity index (χ0v) is 16.8. The highest BCUT2D eigenvalue weighted by Gasteiger charge is 2.34. The lowest BCUT2D eigenvalue weighted by molar-refractivity contribution is -0.138. The second-order valence-electron chi connectivity index (χ2n) is 6.53. The van der Waals surface area contributed by atoms with Gasteiger partial charge in [-0.05, 0) is 40.5 Å². The van der Waals surface area contributed by atoms with Gasteiger partial charge < -0.3 is 20.5 Å². The molecule has 2 atom stereocenters. The van der Waals surface area contributed by atoms with E-state index < -0.39 is 18.3 Å². The van der Waals surface area contributed by atoms with Crippen molar-refractivity contribution in [3.8, 4) is 6.07 Å². The molecule has 1 fully saturated rings. The zero-order chi connectivity index (χ0) is 21.2. The average molecular weight is 472 g/mol. The van der Waals surface area contributed by atoms with E-state index in [1.165, 1.54) is 12.3 Å². The lowest BCUT2D eigenvalue weighted by atomic mass is 10.1. The average Bonchev–Trinajstić information content (AvgIpc) is 3.12. The van der Waals surface area contributed by atoms with Crippen LogP contribution in [-0.4, -0.2) is 34.3 Å². The largest absolute Gasteiger partial charge is 0.417 e. The van der Waals surface area contributed by atoms with Gasteiger partial charge in [0.25, 0.3) is 0 Å². The molecule has 0 aliphatic carbocycles. The fraction of sp³-hybridized carbons (Fsp3) is 0.389. The summed E-state index contributed by atoms with van der Waals surface area (Å²) < 4.78 is 44.9. The Balaban J connectivity index is 1.88. The van der Waals surface area contributed by atoms with E-state index in [9.17, 15) is 18.3 Å². The van der Waals surface area contributed by atoms with Crippen LogP contribution < -0.4 is 10.6 Å². The van der Waals surface area contributed by atoms with Gasteiger partial charge in [-0.3, -0.25) is 0 Å². The molecule has 0 saturated carbocycles. The smallest absolute Gasteiger partial charge is 0.392 e. The van der Waals surface area contributed by atoms with Gasteiger partial charge in [0.15, 0.2) is 0 Å². The maximum Gasteiger partial charge on any atom is 0.417 e. The third-order valence-corrected chi connectivity index (χ3v) is 5.36. The number of anilines is 3. The molecule has 1 aromatic carbocycles. The van der Waals surface area contributed by atoms with Crippen molar-refractivity contribution in [1.29, 1.82) is 5.26 Å². The summed E-state index contributed by atoms with van der Waals surface area (Å²) >= 11 is 2.89. The highest BCUT2D eigenvalue weighted by atomic mass is 79.9. The van der Waals surface area contributed by atoms with Crippen molar-refractivity contribution in [3.05, 3.63) is 39.5 Å². The van der Waals surface area contributed by atoms with Crippen LogP contribution in [0.15, 0.2) is 22.8 Å². The van der Waals surface area contributed by atoms with Crippen LogP contribution in [0.3, 0.4) is 0 Å². The van der Waals surface area contributed by atoms with Gasteiger partial charge in [-0.15, -0.1) is 0 Å². The molecule has 1 aliphatic heterocycles. The number of ether oxygens (including phenoxy) is 1. The molecule has 1 aliphatic rings. The Kier molecular flexibility index (Phi) is 6.26. The first-order valence-electron chi connectivity index (χ1n) is 8.58. The van der Waals surface area contributed by atoms with Crippen LogP contribution >= 0.6 is 15.9 Å². The van der Waals surface area contributed by atoms with Gasteiger partial charge in [0, 0.05) is 21.9 Å². The second-order valence-corrected chi connectivity index (χ2v) is 7.32. The van der Waals surface area contributed by atoms with Gasteiger partial charge in [0.2, 0.25) is 5.95 Å². The molecule has 0 amide bonds. The number of aromatic nitrogens is 2. The molecule has 154 valence electrons. The number of nitrogens with one attached hydrogen (secondary N) is 2. The molecule has 11 heteroatoms. The van der Waals surface area contributed by atoms with E-state index >= 15 is 0 Å². The SMILES string of the molecule is Cc1cnc(Nc2cc(CO)c(Br)c(C(F)(F)F)c2)nc1N[C@H]1COC[C@@H]1C#N. The number of alkyl halides is 3. The summed E-state index contributed by atoms with van der Waals surface area (Å²) in [4.78, 5) is 8.42. The first kappa shape index (κ1) is 21.3. The van der Waals surface area contributed by atoms with Crippen molar-refractivity contribution in [1.82, 2.24) is 9.97 Å². The molecule has 1 saturated heterocycles. The molecule has 0 radical (unpaired) electrons. The van der Waals surface area contributed by atoms with Gasteiger partial charge in [-0.25, -0.2) is 4.98 Å². The van der Waals surface area contributed by atoms with Crippen molar-refractivity contribution in [2.24, 2.45) is 5.92 Å². The summed E-state index contributed by atoms with van der Waals surface area (Å²) in [5, 5.41) is 24.4. The van der Waals surface area contributed by atoms with Gasteiger partial charge in [-0.1, -0.05) is 0 Å². The van der Waals surface area contributed by atoms with E-state index in [1.54, 1.807) is 6.92 Å². The summed E-state index contributed by atoms with van der Waals surface area (Å²) in [5.41, 5.74) is -0.0508. The molecule has 0 unspecified atom stereocenters. The molecular formula is C18H17BrF3N5O2. The van der Waals surface area contributed by atoms with Crippen molar-refractivity contribution < 1.29 is 23.0 Å². The van der Waals surface area contributed by atoms with E-state index in [-0.39, 0.29) is 33.6 Å². The number of aliphatic hydroxyl groups is 1. The molecule has 3 N–H and O–H groups in total. The van der Waals surface area contributed by atoms with Crippen molar-refractivity contribution in [2.45, 2.75) is 25.7 Å². The van der Waals surface area contributed by atoms with Gasteiger partial charge in [-0.2, -0.15) is 23.4 Å². The fourth-order valence-corrected chi connectivity index (χ4v) is 3.43. The predicted molar refractivity (Wildman–Crippen MR) is 102 cm³/mol. The number of aryl methyl sites for hydroxylation is 1. The Labute approximate surface area is 173 Å². The normalized spacial score (nSPS) is 19.1. The monoisotopic (exact) mass is 471 g/mol. The molecule has 0 spiro atoms. The zero-order valence-electron chi connectivity index (χ0n) is 15.2. The number of rotatable bonds is 5. The minimum atomic E-state index is -4.60. The maximum absolute atomic E-state index is 13.3. The van der Waals surface area contributed by atoms with Crippen molar-refractivity contribution in [2.75, 3.05) is 23.8 Å². The van der Waals surface area contributed by atoms with Gasteiger partial charge in [0.05, 0.1) is 43.4 Å². The highest BCUT2D eigenvalue weighted by Crippen LogP contribution is 2.39. The Morgan fingerprint density at radius 1 is 1.38 bits per heavy atom. The van der Waals surface area contributed by atoms with Crippen LogP contribution in [0, 0.1) is 24.2 Å². The van der Waals surface area contributed by atoms with Gasteiger partial charge in [0.1, 0.15) is 5.82 Å². The molecule has 29 heavy (non-hydrogen) atoms. The second kappa shape index (κ2) is 8.52. The molecule has 3 rings (SSSR count). The summed E-state index contributed by atoms with van der Waals surface area (Å²) in [6.45, 7) is 1.88. The van der Waals surface area contributed by atoms with Gasteiger partial charge >= 0.3 is 6.18 Å². The Bertz CT molecular complexity index is 948. The molecule has 0 bridgehead atoms. The van der Waals surface area contributed by atoms with E-state index in [0.717, 1.165) is 6.07 Å². The summed E-state index contributed by atoms with van der Waals surface area (Å²) in [6.07, 6.45) is -3.08. The quantitative estimate of drug-likeness (QED) is 0.609. The van der Waals surface area contributed by atoms with Crippen LogP contribution in [0.25, 0.3) is 0 Å². The van der Waals surface area contributed by atoms with E-state index in [2.05, 4.69) is 42.6 Å². The van der Waals surface area contributed by atoms with Crippen LogP contribution in [0.2, 0.25) is 0 Å². The van der Waals surface area contributed by atoms with Crippen LogP contribution in [0.4, 0.5) is 30.6 Å². The maximum atomic E-state index is 13.3. The van der Waals surface area contributed by atoms with E-state index in [1.807, 2.05) is 0 Å². The summed E-state index contributed by atoms with van der Waals surface area (Å²) in [6, 6.07) is 4.22. The molecular weight excluding hydrogens is 455 g/mol. The first-order valence-corrected chi connectivity index (χ1v) is 9.37. The number of hydrogen-bond donors (Lipinski definition) is 3. The Hall–Kier alpha value is -2.42. The predicted octanol–water partition coefficient (Wildman–Crippen LogP) is 3.75. The number of nitriles is 1. The third-order valence-electron chi connectivity index (χ3n) is 4.42. The Morgan fingerprint density at radius 3 is 2.79 bits per heavy atom. The number of benzene rings is 1. The van der Waals surface area contributed by atoms with Crippen molar-refractivity contribution >= 4 is 33.4 Å². The number of hydrogen-bond acceptors (Lipinski definition) is 7. The highest BCUT2D eigenvalue weighted by molar-refractivity contribution is 9.10. The summed E-state index contributed by atoms with van der Waals surface area (Å²) in [5.74, 6) is 0.201. The topological polar surface area (TPSA) is 103 Å². The molecule has 7 nitrogen and oxygen atoms in total. The number of nitrogens with zero attached hydrogens (tertiary/aromatic N) is 3. The lowest BCUT2D eigenvalue weighted by Gasteiger charge is -2.18. The third kappa shape index (κ3) is 4.77. The van der Waals surface area contributed by atoms with Crippen LogP contribution in [0.5, 0.6) is 0 Å². The van der Waals surface area contributed by atoms with Crippen molar-refractivity contribution in [3.63, 3.8) is 0 Å². The minimum absolute atomic E-state index is 0.0739. The standard InChI is InChI=1S/C18H17BrF3N5O2/c1-9-5-24-17(27-16(9)26-14-8-29-7-11(14)4-23)25-12-2-10(6-28)15(19)13(3-12)18(20,21)22/h2-3,5,11,14,28H,6-8H2,1H3,(H2,24,25,26,27)/t11-,14-/m0/s1. The molecule has 1 aromatic heterocycles. The summed E-state index contributed by atoms with van der Waals surface area (Å²) in [7, 11) is 0. The fourth-order valence-electron chi connectivity index (χ4n) is 2.85. The lowest BCUT2D eigenvalue weighted by Crippen LogP contribution is -2.27. The number of halogens is 4. The Morgan fingerprint density at radius 2 is 2.14 bits per heavy atom. The number of aliphatic hydroxyl groups excluding tert-OH is 1. The van der Waals surface area contributed by atoms with E-state index in [0.29, 0.717) is 24.6 Å².